The molecule has 3 fully saturated rings. The molecule has 2 bridgehead atoms. The van der Waals surface area contributed by atoms with Crippen LogP contribution in [-0.2, 0) is 21.5 Å². The van der Waals surface area contributed by atoms with E-state index in [2.05, 4.69) is 45.0 Å². The van der Waals surface area contributed by atoms with Crippen molar-refractivity contribution in [1.82, 2.24) is 9.47 Å². The molecule has 4 aliphatic rings. The van der Waals surface area contributed by atoms with Gasteiger partial charge in [-0.3, -0.25) is 14.2 Å². The number of thiazole rings is 1. The molecular weight excluding hydrogens is 464 g/mol. The number of carbonyl (C=O) groups is 1. The van der Waals surface area contributed by atoms with E-state index in [1.807, 2.05) is 16.7 Å². The fraction of sp³-hybridized carbons (Fsp3) is 0.630. The second-order valence-electron chi connectivity index (χ2n) is 11.5. The lowest BCUT2D eigenvalue weighted by Gasteiger charge is -2.40. The molecule has 34 heavy (non-hydrogen) atoms. The first-order valence-electron chi connectivity index (χ1n) is 12.7. The summed E-state index contributed by atoms with van der Waals surface area (Å²) in [5, 5.41) is 1.62. The summed E-state index contributed by atoms with van der Waals surface area (Å²) in [4.78, 5) is 29.4. The number of nitrogens with zero attached hydrogens (tertiary/aromatic N) is 2. The molecule has 2 aliphatic carbocycles. The molecule has 3 heterocycles. The van der Waals surface area contributed by atoms with E-state index in [1.165, 1.54) is 46.6 Å². The monoisotopic (exact) mass is 498 g/mol. The van der Waals surface area contributed by atoms with Gasteiger partial charge < -0.3 is 9.64 Å². The van der Waals surface area contributed by atoms with Crippen molar-refractivity contribution in [3.8, 4) is 0 Å². The minimum absolute atomic E-state index is 0.0164. The van der Waals surface area contributed by atoms with Crippen molar-refractivity contribution in [2.75, 3.05) is 26.3 Å². The number of hydrogen-bond donors (Lipinski definition) is 0. The molecule has 1 saturated heterocycles. The average molecular weight is 499 g/mol. The molecule has 5 atom stereocenters. The van der Waals surface area contributed by atoms with Crippen LogP contribution in [-0.4, -0.2) is 46.9 Å². The van der Waals surface area contributed by atoms with E-state index >= 15 is 0 Å². The maximum atomic E-state index is 13.3. The van der Waals surface area contributed by atoms with Gasteiger partial charge in [-0.15, -0.1) is 11.8 Å². The van der Waals surface area contributed by atoms with Gasteiger partial charge in [-0.1, -0.05) is 56.4 Å². The van der Waals surface area contributed by atoms with Gasteiger partial charge in [0, 0.05) is 29.1 Å². The van der Waals surface area contributed by atoms with Crippen molar-refractivity contribution in [3.05, 3.63) is 49.9 Å². The highest BCUT2D eigenvalue weighted by molar-refractivity contribution is 8.00. The molecular formula is C27H34N2O3S2. The highest BCUT2D eigenvalue weighted by atomic mass is 32.2. The number of aromatic nitrogens is 1. The van der Waals surface area contributed by atoms with Gasteiger partial charge in [-0.25, -0.2) is 0 Å². The standard InChI is InChI=1S/C27H34N2O3S2/c1-27(2,3)19-8-6-16(7-9-19)21-22-17-4-5-18(14-17)23(22)33-25-24(21)34-26(31)29(25)15-20(30)28-10-12-32-13-11-28/h6-9,17-18,21-23H,4-5,10-15H2,1-3H3/t17?,18?,21-,22?,23?/m1/s1. The predicted octanol–water partition coefficient (Wildman–Crippen LogP) is 4.72. The van der Waals surface area contributed by atoms with Crippen LogP contribution in [0.5, 0.6) is 0 Å². The van der Waals surface area contributed by atoms with Crippen molar-refractivity contribution in [2.45, 2.75) is 68.2 Å². The molecule has 5 nitrogen and oxygen atoms in total. The molecule has 2 saturated carbocycles. The van der Waals surface area contributed by atoms with Crippen LogP contribution in [0.15, 0.2) is 34.1 Å². The van der Waals surface area contributed by atoms with Crippen LogP contribution in [0, 0.1) is 17.8 Å². The summed E-state index contributed by atoms with van der Waals surface area (Å²) >= 11 is 3.30. The number of ether oxygens (including phenoxy) is 1. The van der Waals surface area contributed by atoms with Crippen LogP contribution in [0.4, 0.5) is 0 Å². The Morgan fingerprint density at radius 1 is 1.09 bits per heavy atom. The van der Waals surface area contributed by atoms with E-state index in [0.29, 0.717) is 37.5 Å². The number of amides is 1. The fourth-order valence-electron chi connectivity index (χ4n) is 6.70. The molecule has 4 unspecified atom stereocenters. The number of thioether (sulfide) groups is 1. The molecule has 1 aromatic heterocycles. The molecule has 1 amide bonds. The molecule has 6 rings (SSSR count). The smallest absolute Gasteiger partial charge is 0.308 e. The van der Waals surface area contributed by atoms with Crippen LogP contribution >= 0.6 is 23.1 Å². The highest BCUT2D eigenvalue weighted by Crippen LogP contribution is 2.64. The summed E-state index contributed by atoms with van der Waals surface area (Å²) in [6.07, 6.45) is 3.96. The minimum Gasteiger partial charge on any atom is -0.378 e. The zero-order valence-corrected chi connectivity index (χ0v) is 21.9. The van der Waals surface area contributed by atoms with Gasteiger partial charge in [0.1, 0.15) is 6.54 Å². The first-order valence-corrected chi connectivity index (χ1v) is 14.4. The van der Waals surface area contributed by atoms with E-state index in [4.69, 9.17) is 4.74 Å². The van der Waals surface area contributed by atoms with E-state index < -0.39 is 0 Å². The van der Waals surface area contributed by atoms with Crippen LogP contribution in [0.3, 0.4) is 0 Å². The maximum absolute atomic E-state index is 13.3. The van der Waals surface area contributed by atoms with E-state index in [9.17, 15) is 9.59 Å². The summed E-state index contributed by atoms with van der Waals surface area (Å²) in [6, 6.07) is 9.17. The predicted molar refractivity (Wildman–Crippen MR) is 137 cm³/mol. The third-order valence-electron chi connectivity index (χ3n) is 8.48. The van der Waals surface area contributed by atoms with Crippen molar-refractivity contribution in [2.24, 2.45) is 17.8 Å². The second kappa shape index (κ2) is 8.52. The number of benzene rings is 1. The Kier molecular flexibility index (Phi) is 5.73. The van der Waals surface area contributed by atoms with Crippen molar-refractivity contribution in [3.63, 3.8) is 0 Å². The Balaban J connectivity index is 1.39. The second-order valence-corrected chi connectivity index (χ2v) is 13.6. The van der Waals surface area contributed by atoms with Crippen LogP contribution in [0.1, 0.15) is 62.0 Å². The van der Waals surface area contributed by atoms with E-state index in [-0.39, 0.29) is 28.7 Å². The van der Waals surface area contributed by atoms with Gasteiger partial charge in [0.25, 0.3) is 0 Å². The molecule has 182 valence electrons. The van der Waals surface area contributed by atoms with Crippen molar-refractivity contribution < 1.29 is 9.53 Å². The fourth-order valence-corrected chi connectivity index (χ4v) is 9.85. The number of rotatable bonds is 3. The summed E-state index contributed by atoms with van der Waals surface area (Å²) in [6.45, 7) is 9.29. The molecule has 0 radical (unpaired) electrons. The molecule has 7 heteroatoms. The largest absolute Gasteiger partial charge is 0.378 e. The van der Waals surface area contributed by atoms with E-state index in [0.717, 1.165) is 16.9 Å². The van der Waals surface area contributed by atoms with Gasteiger partial charge in [0.05, 0.1) is 18.2 Å². The first kappa shape index (κ1) is 22.9. The Morgan fingerprint density at radius 3 is 2.50 bits per heavy atom. The van der Waals surface area contributed by atoms with E-state index in [1.54, 1.807) is 4.57 Å². The number of hydrogen-bond acceptors (Lipinski definition) is 5. The van der Waals surface area contributed by atoms with Crippen LogP contribution in [0.2, 0.25) is 0 Å². The highest BCUT2D eigenvalue weighted by Gasteiger charge is 2.55. The lowest BCUT2D eigenvalue weighted by Crippen LogP contribution is -2.43. The first-order chi connectivity index (χ1) is 16.3. The number of morpholine rings is 1. The lowest BCUT2D eigenvalue weighted by molar-refractivity contribution is -0.136. The Morgan fingerprint density at radius 2 is 1.79 bits per heavy atom. The summed E-state index contributed by atoms with van der Waals surface area (Å²) in [5.41, 5.74) is 2.80. The minimum atomic E-state index is 0.0164. The zero-order chi connectivity index (χ0) is 23.6. The molecule has 2 aliphatic heterocycles. The Hall–Kier alpha value is -1.57. The third-order valence-corrected chi connectivity index (χ3v) is 11.3. The zero-order valence-electron chi connectivity index (χ0n) is 20.3. The average Bonchev–Trinajstić information content (AvgIpc) is 3.52. The number of fused-ring (bicyclic) bond motifs is 6. The summed E-state index contributed by atoms with van der Waals surface area (Å²) in [5.74, 6) is 2.39. The molecule has 1 aromatic carbocycles. The maximum Gasteiger partial charge on any atom is 0.308 e. The van der Waals surface area contributed by atoms with Crippen molar-refractivity contribution >= 4 is 29.0 Å². The Labute approximate surface area is 209 Å². The summed E-state index contributed by atoms with van der Waals surface area (Å²) in [7, 11) is 0. The Bertz CT molecular complexity index is 1140. The lowest BCUT2D eigenvalue weighted by atomic mass is 9.74. The van der Waals surface area contributed by atoms with Gasteiger partial charge in [-0.2, -0.15) is 0 Å². The van der Waals surface area contributed by atoms with Gasteiger partial charge in [0.2, 0.25) is 5.91 Å². The molecule has 2 aromatic rings. The van der Waals surface area contributed by atoms with Gasteiger partial charge in [0.15, 0.2) is 0 Å². The molecule has 0 N–H and O–H groups in total. The quantitative estimate of drug-likeness (QED) is 0.615. The van der Waals surface area contributed by atoms with Gasteiger partial charge in [-0.05, 0) is 53.6 Å². The van der Waals surface area contributed by atoms with Crippen molar-refractivity contribution in [1.29, 1.82) is 0 Å². The topological polar surface area (TPSA) is 51.5 Å². The normalized spacial score (nSPS) is 30.3. The number of carbonyl (C=O) groups excluding carboxylic acids is 1. The SMILES string of the molecule is CC(C)(C)c1ccc([C@H]2c3sc(=O)n(CC(=O)N4CCOCC4)c3SC3C4CCC(C4)C32)cc1. The van der Waals surface area contributed by atoms with Gasteiger partial charge >= 0.3 is 4.87 Å². The summed E-state index contributed by atoms with van der Waals surface area (Å²) < 4.78 is 7.20. The van der Waals surface area contributed by atoms with Crippen LogP contribution in [0.25, 0.3) is 0 Å². The third kappa shape index (κ3) is 3.79. The molecule has 0 spiro atoms. The van der Waals surface area contributed by atoms with Crippen LogP contribution < -0.4 is 4.87 Å².